The maximum atomic E-state index is 12.9. The summed E-state index contributed by atoms with van der Waals surface area (Å²) in [5.74, 6) is 0.163. The fourth-order valence-corrected chi connectivity index (χ4v) is 3.72. The molecular formula is C21H18N2O3S. The summed E-state index contributed by atoms with van der Waals surface area (Å²) >= 11 is 1.55. The Labute approximate surface area is 160 Å². The lowest BCUT2D eigenvalue weighted by molar-refractivity contribution is 0.0469. The average Bonchev–Trinajstić information content (AvgIpc) is 3.37. The van der Waals surface area contributed by atoms with Gasteiger partial charge in [0, 0.05) is 11.1 Å². The zero-order chi connectivity index (χ0) is 18.8. The first-order valence-corrected chi connectivity index (χ1v) is 9.59. The molecule has 3 aromatic heterocycles. The first kappa shape index (κ1) is 17.4. The number of para-hydroxylation sites is 1. The third kappa shape index (κ3) is 3.36. The van der Waals surface area contributed by atoms with Gasteiger partial charge in [-0.1, -0.05) is 31.2 Å². The van der Waals surface area contributed by atoms with E-state index >= 15 is 0 Å². The fraction of sp³-hybridized carbons (Fsp3) is 0.190. The van der Waals surface area contributed by atoms with Crippen molar-refractivity contribution in [1.82, 2.24) is 9.97 Å². The van der Waals surface area contributed by atoms with E-state index in [9.17, 15) is 4.79 Å². The van der Waals surface area contributed by atoms with Crippen LogP contribution in [0.25, 0.3) is 21.7 Å². The number of carbonyl (C=O) groups excluding carboxylic acids is 1. The second-order valence-corrected chi connectivity index (χ2v) is 7.07. The molecular weight excluding hydrogens is 360 g/mol. The largest absolute Gasteiger partial charge is 0.455 e. The highest BCUT2D eigenvalue weighted by Gasteiger charge is 2.19. The second kappa shape index (κ2) is 7.32. The van der Waals surface area contributed by atoms with E-state index in [1.807, 2.05) is 55.6 Å². The molecule has 0 atom stereocenters. The van der Waals surface area contributed by atoms with Crippen molar-refractivity contribution >= 4 is 28.2 Å². The van der Waals surface area contributed by atoms with E-state index in [1.165, 1.54) is 6.26 Å². The van der Waals surface area contributed by atoms with Gasteiger partial charge in [0.1, 0.15) is 18.6 Å². The topological polar surface area (TPSA) is 65.2 Å². The molecule has 0 unspecified atom stereocenters. The van der Waals surface area contributed by atoms with Crippen LogP contribution in [0.15, 0.2) is 52.5 Å². The van der Waals surface area contributed by atoms with Gasteiger partial charge in [-0.05, 0) is 36.4 Å². The van der Waals surface area contributed by atoms with Gasteiger partial charge in [-0.25, -0.2) is 9.78 Å². The standard InChI is InChI=1S/C21H18N2O3S/c1-3-16-13(2)19(15-7-4-5-8-17(15)23-16)21(24)26-12-14-11-25-20(22-14)18-9-6-10-27-18/h4-11H,3,12H2,1-2H3. The van der Waals surface area contributed by atoms with Gasteiger partial charge in [-0.15, -0.1) is 11.3 Å². The van der Waals surface area contributed by atoms with Crippen LogP contribution in [-0.2, 0) is 17.8 Å². The van der Waals surface area contributed by atoms with Crippen molar-refractivity contribution in [3.8, 4) is 10.8 Å². The predicted octanol–water partition coefficient (Wildman–Crippen LogP) is 5.18. The van der Waals surface area contributed by atoms with Crippen molar-refractivity contribution in [2.75, 3.05) is 0 Å². The van der Waals surface area contributed by atoms with Gasteiger partial charge in [0.15, 0.2) is 0 Å². The molecule has 0 radical (unpaired) electrons. The average molecular weight is 378 g/mol. The Bertz CT molecular complexity index is 1100. The number of ether oxygens (including phenoxy) is 1. The number of aromatic nitrogens is 2. The molecule has 0 amide bonds. The normalized spacial score (nSPS) is 11.0. The van der Waals surface area contributed by atoms with Gasteiger partial charge in [0.25, 0.3) is 0 Å². The summed E-state index contributed by atoms with van der Waals surface area (Å²) in [4.78, 5) is 22.8. The first-order chi connectivity index (χ1) is 13.2. The molecule has 0 spiro atoms. The molecule has 6 heteroatoms. The molecule has 3 heterocycles. The van der Waals surface area contributed by atoms with Crippen LogP contribution in [0.4, 0.5) is 0 Å². The van der Waals surface area contributed by atoms with Crippen LogP contribution in [-0.4, -0.2) is 15.9 Å². The lowest BCUT2D eigenvalue weighted by atomic mass is 10.0. The number of aryl methyl sites for hydroxylation is 1. The highest BCUT2D eigenvalue weighted by molar-refractivity contribution is 7.13. The van der Waals surface area contributed by atoms with Gasteiger partial charge in [-0.3, -0.25) is 4.98 Å². The third-order valence-corrected chi connectivity index (χ3v) is 5.27. The molecule has 0 bridgehead atoms. The fourth-order valence-electron chi connectivity index (χ4n) is 3.06. The Balaban J connectivity index is 1.59. The highest BCUT2D eigenvalue weighted by atomic mass is 32.1. The number of nitrogens with zero attached hydrogens (tertiary/aromatic N) is 2. The van der Waals surface area contributed by atoms with Crippen molar-refractivity contribution in [3.63, 3.8) is 0 Å². The summed E-state index contributed by atoms with van der Waals surface area (Å²) in [6, 6.07) is 11.5. The van der Waals surface area contributed by atoms with Crippen LogP contribution >= 0.6 is 11.3 Å². The quantitative estimate of drug-likeness (QED) is 0.448. The Morgan fingerprint density at radius 3 is 2.81 bits per heavy atom. The number of thiophene rings is 1. The zero-order valence-electron chi connectivity index (χ0n) is 15.1. The number of benzene rings is 1. The highest BCUT2D eigenvalue weighted by Crippen LogP contribution is 2.26. The van der Waals surface area contributed by atoms with Crippen molar-refractivity contribution < 1.29 is 13.9 Å². The molecule has 1 aromatic carbocycles. The monoisotopic (exact) mass is 378 g/mol. The number of hydrogen-bond donors (Lipinski definition) is 0. The van der Waals surface area contributed by atoms with Gasteiger partial charge in [-0.2, -0.15) is 0 Å². The summed E-state index contributed by atoms with van der Waals surface area (Å²) in [6.07, 6.45) is 2.28. The van der Waals surface area contributed by atoms with Gasteiger partial charge in [0.2, 0.25) is 5.89 Å². The number of hydrogen-bond acceptors (Lipinski definition) is 6. The summed E-state index contributed by atoms with van der Waals surface area (Å²) in [5.41, 5.74) is 3.72. The molecule has 27 heavy (non-hydrogen) atoms. The van der Waals surface area contributed by atoms with E-state index in [1.54, 1.807) is 11.3 Å². The van der Waals surface area contributed by atoms with E-state index in [0.717, 1.165) is 33.5 Å². The SMILES string of the molecule is CCc1nc2ccccc2c(C(=O)OCc2coc(-c3cccs3)n2)c1C. The number of carbonyl (C=O) groups is 1. The van der Waals surface area contributed by atoms with Crippen molar-refractivity contribution in [1.29, 1.82) is 0 Å². The molecule has 4 aromatic rings. The van der Waals surface area contributed by atoms with Crippen LogP contribution in [0.5, 0.6) is 0 Å². The van der Waals surface area contributed by atoms with Crippen LogP contribution < -0.4 is 0 Å². The summed E-state index contributed by atoms with van der Waals surface area (Å²) in [7, 11) is 0. The molecule has 0 saturated heterocycles. The molecule has 0 aliphatic rings. The van der Waals surface area contributed by atoms with Crippen LogP contribution in [0.3, 0.4) is 0 Å². The Kier molecular flexibility index (Phi) is 4.73. The van der Waals surface area contributed by atoms with Crippen molar-refractivity contribution in [2.24, 2.45) is 0 Å². The van der Waals surface area contributed by atoms with Crippen LogP contribution in [0.2, 0.25) is 0 Å². The summed E-state index contributed by atoms with van der Waals surface area (Å²) < 4.78 is 11.0. The van der Waals surface area contributed by atoms with Crippen molar-refractivity contribution in [3.05, 3.63) is 70.6 Å². The van der Waals surface area contributed by atoms with E-state index in [-0.39, 0.29) is 12.6 Å². The van der Waals surface area contributed by atoms with Gasteiger partial charge in [0.05, 0.1) is 16.0 Å². The number of oxazole rings is 1. The molecule has 0 aliphatic carbocycles. The van der Waals surface area contributed by atoms with E-state index in [4.69, 9.17) is 9.15 Å². The second-order valence-electron chi connectivity index (χ2n) is 6.13. The number of rotatable bonds is 5. The molecule has 0 saturated carbocycles. The Morgan fingerprint density at radius 2 is 2.04 bits per heavy atom. The zero-order valence-corrected chi connectivity index (χ0v) is 15.9. The molecule has 4 rings (SSSR count). The predicted molar refractivity (Wildman–Crippen MR) is 105 cm³/mol. The lowest BCUT2D eigenvalue weighted by Crippen LogP contribution is -2.11. The minimum Gasteiger partial charge on any atom is -0.455 e. The number of esters is 1. The smallest absolute Gasteiger partial charge is 0.339 e. The van der Waals surface area contributed by atoms with E-state index < -0.39 is 0 Å². The lowest BCUT2D eigenvalue weighted by Gasteiger charge is -2.12. The maximum absolute atomic E-state index is 12.9. The molecule has 0 N–H and O–H groups in total. The molecule has 0 aliphatic heterocycles. The van der Waals surface area contributed by atoms with E-state index in [2.05, 4.69) is 9.97 Å². The van der Waals surface area contributed by atoms with Crippen LogP contribution in [0.1, 0.15) is 34.2 Å². The first-order valence-electron chi connectivity index (χ1n) is 8.71. The number of fused-ring (bicyclic) bond motifs is 1. The molecule has 5 nitrogen and oxygen atoms in total. The van der Waals surface area contributed by atoms with Gasteiger partial charge < -0.3 is 9.15 Å². The summed E-state index contributed by atoms with van der Waals surface area (Å²) in [6.45, 7) is 4.01. The third-order valence-electron chi connectivity index (χ3n) is 4.41. The minimum atomic E-state index is -0.374. The summed E-state index contributed by atoms with van der Waals surface area (Å²) in [5, 5.41) is 2.76. The van der Waals surface area contributed by atoms with E-state index in [0.29, 0.717) is 17.1 Å². The van der Waals surface area contributed by atoms with Gasteiger partial charge >= 0.3 is 5.97 Å². The molecule has 136 valence electrons. The Hall–Kier alpha value is -2.99. The molecule has 0 fully saturated rings. The maximum Gasteiger partial charge on any atom is 0.339 e. The van der Waals surface area contributed by atoms with Crippen molar-refractivity contribution in [2.45, 2.75) is 26.9 Å². The minimum absolute atomic E-state index is 0.0608. The number of pyridine rings is 1. The van der Waals surface area contributed by atoms with Crippen LogP contribution in [0, 0.1) is 6.92 Å². The Morgan fingerprint density at radius 1 is 1.19 bits per heavy atom.